The molecule has 0 radical (unpaired) electrons. The fraction of sp³-hybridized carbons (Fsp3) is 0.273. The standard InChI is InChI=1S/C22H24O7/c1-15(21(24)28-13-16-4-8-18(26-2)9-5-16)12-20(23)22(25)29-14-17-6-10-19(27-3)11-7-17/h4-11,20,23H,1,12-14H2,2-3H3. The van der Waals surface area contributed by atoms with Crippen molar-refractivity contribution < 1.29 is 33.6 Å². The van der Waals surface area contributed by atoms with E-state index < -0.39 is 18.0 Å². The van der Waals surface area contributed by atoms with Gasteiger partial charge in [0.25, 0.3) is 0 Å². The number of rotatable bonds is 10. The van der Waals surface area contributed by atoms with Crippen molar-refractivity contribution in [1.29, 1.82) is 0 Å². The summed E-state index contributed by atoms with van der Waals surface area (Å²) in [4.78, 5) is 24.0. The van der Waals surface area contributed by atoms with Gasteiger partial charge in [0.1, 0.15) is 24.7 Å². The van der Waals surface area contributed by atoms with E-state index in [-0.39, 0.29) is 25.2 Å². The van der Waals surface area contributed by atoms with Crippen LogP contribution in [0.25, 0.3) is 0 Å². The minimum Gasteiger partial charge on any atom is -0.497 e. The predicted octanol–water partition coefficient (Wildman–Crippen LogP) is 2.80. The van der Waals surface area contributed by atoms with Crippen molar-refractivity contribution in [2.24, 2.45) is 0 Å². The lowest BCUT2D eigenvalue weighted by Crippen LogP contribution is -2.25. The molecular weight excluding hydrogens is 376 g/mol. The number of hydrogen-bond donors (Lipinski definition) is 1. The molecule has 0 amide bonds. The van der Waals surface area contributed by atoms with Gasteiger partial charge < -0.3 is 24.1 Å². The number of methoxy groups -OCH3 is 2. The summed E-state index contributed by atoms with van der Waals surface area (Å²) in [5.74, 6) is -0.155. The molecule has 1 unspecified atom stereocenters. The van der Waals surface area contributed by atoms with Crippen LogP contribution in [-0.4, -0.2) is 37.4 Å². The van der Waals surface area contributed by atoms with Gasteiger partial charge in [0.15, 0.2) is 6.10 Å². The van der Waals surface area contributed by atoms with Crippen LogP contribution in [0.4, 0.5) is 0 Å². The minimum absolute atomic E-state index is 0.00567. The van der Waals surface area contributed by atoms with Crippen LogP contribution in [0, 0.1) is 0 Å². The van der Waals surface area contributed by atoms with E-state index >= 15 is 0 Å². The van der Waals surface area contributed by atoms with Gasteiger partial charge >= 0.3 is 11.9 Å². The highest BCUT2D eigenvalue weighted by Gasteiger charge is 2.21. The molecule has 7 heteroatoms. The average molecular weight is 400 g/mol. The Bertz CT molecular complexity index is 825. The summed E-state index contributed by atoms with van der Waals surface area (Å²) in [6.07, 6.45) is -1.78. The summed E-state index contributed by atoms with van der Waals surface area (Å²) < 4.78 is 20.3. The zero-order valence-corrected chi connectivity index (χ0v) is 16.4. The first-order valence-electron chi connectivity index (χ1n) is 8.88. The maximum Gasteiger partial charge on any atom is 0.335 e. The van der Waals surface area contributed by atoms with Crippen molar-refractivity contribution in [3.05, 3.63) is 71.8 Å². The van der Waals surface area contributed by atoms with E-state index in [0.29, 0.717) is 11.5 Å². The monoisotopic (exact) mass is 400 g/mol. The first kappa shape index (κ1) is 22.0. The van der Waals surface area contributed by atoms with Gasteiger partial charge in [-0.1, -0.05) is 30.8 Å². The second kappa shape index (κ2) is 10.9. The number of ether oxygens (including phenoxy) is 4. The second-order valence-electron chi connectivity index (χ2n) is 6.20. The SMILES string of the molecule is C=C(CC(O)C(=O)OCc1ccc(OC)cc1)C(=O)OCc1ccc(OC)cc1. The molecule has 2 aromatic carbocycles. The average Bonchev–Trinajstić information content (AvgIpc) is 2.76. The normalized spacial score (nSPS) is 11.3. The molecule has 7 nitrogen and oxygen atoms in total. The maximum absolute atomic E-state index is 12.0. The van der Waals surface area contributed by atoms with Gasteiger partial charge in [0, 0.05) is 12.0 Å². The molecule has 0 bridgehead atoms. The molecular formula is C22H24O7. The van der Waals surface area contributed by atoms with Gasteiger partial charge in [-0.05, 0) is 35.4 Å². The minimum atomic E-state index is -1.51. The topological polar surface area (TPSA) is 91.3 Å². The summed E-state index contributed by atoms with van der Waals surface area (Å²) in [5, 5.41) is 9.96. The fourth-order valence-corrected chi connectivity index (χ4v) is 2.35. The molecule has 2 aromatic rings. The number of hydrogen-bond acceptors (Lipinski definition) is 7. The molecule has 0 spiro atoms. The zero-order valence-electron chi connectivity index (χ0n) is 16.4. The maximum atomic E-state index is 12.0. The van der Waals surface area contributed by atoms with E-state index in [1.165, 1.54) is 0 Å². The smallest absolute Gasteiger partial charge is 0.335 e. The van der Waals surface area contributed by atoms with Crippen molar-refractivity contribution in [3.63, 3.8) is 0 Å². The van der Waals surface area contributed by atoms with Crippen LogP contribution >= 0.6 is 0 Å². The first-order valence-corrected chi connectivity index (χ1v) is 8.88. The van der Waals surface area contributed by atoms with E-state index in [9.17, 15) is 14.7 Å². The lowest BCUT2D eigenvalue weighted by molar-refractivity contribution is -0.155. The molecule has 0 aliphatic rings. The highest BCUT2D eigenvalue weighted by Crippen LogP contribution is 2.15. The Kier molecular flexibility index (Phi) is 8.24. The Morgan fingerprint density at radius 2 is 1.31 bits per heavy atom. The molecule has 0 saturated carbocycles. The van der Waals surface area contributed by atoms with Gasteiger partial charge in [-0.3, -0.25) is 0 Å². The molecule has 154 valence electrons. The third-order valence-corrected chi connectivity index (χ3v) is 4.07. The summed E-state index contributed by atoms with van der Waals surface area (Å²) >= 11 is 0. The van der Waals surface area contributed by atoms with Crippen molar-refractivity contribution >= 4 is 11.9 Å². The van der Waals surface area contributed by atoms with E-state index in [1.807, 2.05) is 0 Å². The highest BCUT2D eigenvalue weighted by atomic mass is 16.5. The summed E-state index contributed by atoms with van der Waals surface area (Å²) in [6, 6.07) is 14.0. The van der Waals surface area contributed by atoms with E-state index in [4.69, 9.17) is 18.9 Å². The second-order valence-corrected chi connectivity index (χ2v) is 6.20. The van der Waals surface area contributed by atoms with E-state index in [0.717, 1.165) is 11.1 Å². The largest absolute Gasteiger partial charge is 0.497 e. The number of carbonyl (C=O) groups is 2. The van der Waals surface area contributed by atoms with Crippen LogP contribution in [0.15, 0.2) is 60.7 Å². The molecule has 29 heavy (non-hydrogen) atoms. The molecule has 0 aliphatic carbocycles. The molecule has 0 aliphatic heterocycles. The quantitative estimate of drug-likeness (QED) is 0.484. The van der Waals surface area contributed by atoms with Crippen molar-refractivity contribution in [3.8, 4) is 11.5 Å². The predicted molar refractivity (Wildman–Crippen MR) is 105 cm³/mol. The summed E-state index contributed by atoms with van der Waals surface area (Å²) in [7, 11) is 3.12. The highest BCUT2D eigenvalue weighted by molar-refractivity contribution is 5.89. The van der Waals surface area contributed by atoms with E-state index in [1.54, 1.807) is 62.8 Å². The van der Waals surface area contributed by atoms with Crippen LogP contribution in [0.3, 0.4) is 0 Å². The van der Waals surface area contributed by atoms with Gasteiger partial charge in [-0.2, -0.15) is 0 Å². The van der Waals surface area contributed by atoms with Crippen LogP contribution in [0.5, 0.6) is 11.5 Å². The van der Waals surface area contributed by atoms with Crippen LogP contribution in [0.2, 0.25) is 0 Å². The first-order chi connectivity index (χ1) is 13.9. The van der Waals surface area contributed by atoms with E-state index in [2.05, 4.69) is 6.58 Å². The molecule has 0 heterocycles. The molecule has 2 rings (SSSR count). The number of aliphatic hydroxyl groups excluding tert-OH is 1. The van der Waals surface area contributed by atoms with Crippen LogP contribution < -0.4 is 9.47 Å². The molecule has 0 aromatic heterocycles. The van der Waals surface area contributed by atoms with Gasteiger partial charge in [0.05, 0.1) is 14.2 Å². The fourth-order valence-electron chi connectivity index (χ4n) is 2.35. The summed E-state index contributed by atoms with van der Waals surface area (Å²) in [6.45, 7) is 3.61. The van der Waals surface area contributed by atoms with Gasteiger partial charge in [-0.15, -0.1) is 0 Å². The lowest BCUT2D eigenvalue weighted by atomic mass is 10.1. The lowest BCUT2D eigenvalue weighted by Gasteiger charge is -2.12. The van der Waals surface area contributed by atoms with Crippen LogP contribution in [0.1, 0.15) is 17.5 Å². The van der Waals surface area contributed by atoms with Crippen molar-refractivity contribution in [2.45, 2.75) is 25.7 Å². The third kappa shape index (κ3) is 6.97. The molecule has 1 atom stereocenters. The van der Waals surface area contributed by atoms with Crippen molar-refractivity contribution in [1.82, 2.24) is 0 Å². The zero-order chi connectivity index (χ0) is 21.2. The summed E-state index contributed by atoms with van der Waals surface area (Å²) in [5.41, 5.74) is 1.49. The number of carbonyl (C=O) groups excluding carboxylic acids is 2. The number of benzene rings is 2. The Labute approximate surface area is 169 Å². The van der Waals surface area contributed by atoms with Gasteiger partial charge in [0.2, 0.25) is 0 Å². The molecule has 0 fully saturated rings. The molecule has 1 N–H and O–H groups in total. The molecule has 0 saturated heterocycles. The van der Waals surface area contributed by atoms with Crippen LogP contribution in [-0.2, 0) is 32.3 Å². The van der Waals surface area contributed by atoms with Crippen molar-refractivity contribution in [2.75, 3.05) is 14.2 Å². The Morgan fingerprint density at radius 3 is 1.76 bits per heavy atom. The number of aliphatic hydroxyl groups is 1. The van der Waals surface area contributed by atoms with Gasteiger partial charge in [-0.25, -0.2) is 9.59 Å². The number of esters is 2. The third-order valence-electron chi connectivity index (χ3n) is 4.07. The Hall–Kier alpha value is -3.32. The Morgan fingerprint density at radius 1 is 0.862 bits per heavy atom. The Balaban J connectivity index is 1.75.